The van der Waals surface area contributed by atoms with E-state index in [4.69, 9.17) is 0 Å². The first-order chi connectivity index (χ1) is 5.86. The van der Waals surface area contributed by atoms with Gasteiger partial charge in [-0.05, 0) is 25.7 Å². The molecule has 0 heterocycles. The van der Waals surface area contributed by atoms with E-state index in [0.29, 0.717) is 0 Å². The van der Waals surface area contributed by atoms with Gasteiger partial charge < -0.3 is 5.32 Å². The monoisotopic (exact) mass is 167 g/mol. The lowest BCUT2D eigenvalue weighted by Gasteiger charge is -2.21. The molecule has 1 N–H and O–H groups in total. The third-order valence-electron chi connectivity index (χ3n) is 2.61. The maximum absolute atomic E-state index is 3.70. The fourth-order valence-electron chi connectivity index (χ4n) is 1.84. The zero-order chi connectivity index (χ0) is 8.81. The molecule has 1 nitrogen and oxygen atoms in total. The predicted molar refractivity (Wildman–Crippen MR) is 54.3 cm³/mol. The van der Waals surface area contributed by atoms with E-state index in [-0.39, 0.29) is 0 Å². The van der Waals surface area contributed by atoms with Crippen LogP contribution < -0.4 is 5.32 Å². The molecule has 0 aromatic carbocycles. The van der Waals surface area contributed by atoms with Crippen molar-refractivity contribution in [2.75, 3.05) is 0 Å². The van der Waals surface area contributed by atoms with Crippen LogP contribution in [0.2, 0.25) is 0 Å². The minimum Gasteiger partial charge on any atom is -0.311 e. The first-order valence-corrected chi connectivity index (χ1v) is 5.27. The summed E-state index contributed by atoms with van der Waals surface area (Å²) in [5.41, 5.74) is 0. The van der Waals surface area contributed by atoms with Crippen molar-refractivity contribution in [3.8, 4) is 0 Å². The molecule has 0 aromatic rings. The highest BCUT2D eigenvalue weighted by atomic mass is 14.9. The van der Waals surface area contributed by atoms with Crippen molar-refractivity contribution >= 4 is 0 Å². The molecule has 1 heteroatoms. The average Bonchev–Trinajstić information content (AvgIpc) is 2.56. The van der Waals surface area contributed by atoms with Crippen LogP contribution >= 0.6 is 0 Å². The van der Waals surface area contributed by atoms with Crippen molar-refractivity contribution < 1.29 is 0 Å². The van der Waals surface area contributed by atoms with Gasteiger partial charge in [-0.3, -0.25) is 0 Å². The molecule has 0 amide bonds. The van der Waals surface area contributed by atoms with Gasteiger partial charge in [0.2, 0.25) is 0 Å². The Labute approximate surface area is 76.2 Å². The molecule has 1 aliphatic carbocycles. The summed E-state index contributed by atoms with van der Waals surface area (Å²) in [6, 6.07) is 1.49. The molecule has 1 atom stereocenters. The van der Waals surface area contributed by atoms with E-state index in [1.807, 2.05) is 0 Å². The summed E-state index contributed by atoms with van der Waals surface area (Å²) < 4.78 is 0. The summed E-state index contributed by atoms with van der Waals surface area (Å²) in [5.74, 6) is 0. The van der Waals surface area contributed by atoms with Gasteiger partial charge in [-0.2, -0.15) is 0 Å². The smallest absolute Gasteiger partial charge is 0.0139 e. The highest BCUT2D eigenvalue weighted by molar-refractivity contribution is 4.98. The van der Waals surface area contributed by atoms with Gasteiger partial charge in [0.25, 0.3) is 0 Å². The summed E-state index contributed by atoms with van der Waals surface area (Å²) in [5, 5.41) is 3.70. The normalized spacial score (nSPS) is 20.2. The van der Waals surface area contributed by atoms with E-state index < -0.39 is 0 Å². The van der Waals surface area contributed by atoms with Gasteiger partial charge in [-0.15, -0.1) is 0 Å². The van der Waals surface area contributed by atoms with Crippen LogP contribution in [0.3, 0.4) is 0 Å². The number of hydrogen-bond acceptors (Lipinski definition) is 1. The van der Waals surface area contributed by atoms with Gasteiger partial charge in [0, 0.05) is 12.1 Å². The molecule has 12 heavy (non-hydrogen) atoms. The van der Waals surface area contributed by atoms with Crippen molar-refractivity contribution in [2.24, 2.45) is 0 Å². The van der Waals surface area contributed by atoms with Crippen LogP contribution in [-0.2, 0) is 0 Å². The second-order valence-electron chi connectivity index (χ2n) is 3.70. The van der Waals surface area contributed by atoms with E-state index >= 15 is 0 Å². The molecule has 1 rings (SSSR count). The van der Waals surface area contributed by atoms with Gasteiger partial charge in [-0.1, -0.05) is 32.4 Å². The van der Waals surface area contributed by atoms with E-state index in [9.17, 15) is 0 Å². The minimum atomic E-state index is 0.737. The quantitative estimate of drug-likeness (QED) is 0.621. The summed E-state index contributed by atoms with van der Waals surface area (Å²) in [6.07, 6.45) is 10.9. The van der Waals surface area contributed by atoms with Crippen LogP contribution in [0, 0.1) is 0 Å². The highest BCUT2D eigenvalue weighted by Gasteiger charge is 2.13. The first-order valence-electron chi connectivity index (χ1n) is 5.27. The summed E-state index contributed by atoms with van der Waals surface area (Å²) in [7, 11) is 0. The Morgan fingerprint density at radius 3 is 2.50 bits per heavy atom. The van der Waals surface area contributed by atoms with Gasteiger partial charge in [0.05, 0.1) is 0 Å². The van der Waals surface area contributed by atoms with Crippen LogP contribution in [0.5, 0.6) is 0 Å². The Morgan fingerprint density at radius 1 is 1.33 bits per heavy atom. The number of rotatable bonds is 5. The zero-order valence-corrected chi connectivity index (χ0v) is 8.34. The maximum Gasteiger partial charge on any atom is 0.0139 e. The van der Waals surface area contributed by atoms with Crippen molar-refractivity contribution in [1.29, 1.82) is 0 Å². The lowest BCUT2D eigenvalue weighted by atomic mass is 10.1. The number of hydrogen-bond donors (Lipinski definition) is 1. The topological polar surface area (TPSA) is 12.0 Å². The summed E-state index contributed by atoms with van der Waals surface area (Å²) in [4.78, 5) is 0. The van der Waals surface area contributed by atoms with E-state index in [0.717, 1.165) is 12.1 Å². The largest absolute Gasteiger partial charge is 0.311 e. The van der Waals surface area contributed by atoms with Gasteiger partial charge in [-0.25, -0.2) is 0 Å². The Morgan fingerprint density at radius 2 is 2.00 bits per heavy atom. The molecular weight excluding hydrogens is 146 g/mol. The lowest BCUT2D eigenvalue weighted by Crippen LogP contribution is -2.36. The van der Waals surface area contributed by atoms with Crippen molar-refractivity contribution in [3.63, 3.8) is 0 Å². The Hall–Kier alpha value is -0.300. The molecule has 1 aliphatic rings. The highest BCUT2D eigenvalue weighted by Crippen LogP contribution is 2.12. The molecule has 70 valence electrons. The molecule has 0 saturated heterocycles. The van der Waals surface area contributed by atoms with Crippen LogP contribution in [0.4, 0.5) is 0 Å². The SMILES string of the molecule is CCCC(CC)NC1CC=CC1. The van der Waals surface area contributed by atoms with Crippen molar-refractivity contribution in [3.05, 3.63) is 12.2 Å². The summed E-state index contributed by atoms with van der Waals surface area (Å²) >= 11 is 0. The van der Waals surface area contributed by atoms with Gasteiger partial charge >= 0.3 is 0 Å². The van der Waals surface area contributed by atoms with Crippen molar-refractivity contribution in [1.82, 2.24) is 5.32 Å². The van der Waals surface area contributed by atoms with Crippen LogP contribution in [0.15, 0.2) is 12.2 Å². The zero-order valence-electron chi connectivity index (χ0n) is 8.34. The fraction of sp³-hybridized carbons (Fsp3) is 0.818. The van der Waals surface area contributed by atoms with Gasteiger partial charge in [0.1, 0.15) is 0 Å². The Kier molecular flexibility index (Phi) is 4.37. The molecule has 0 spiro atoms. The molecule has 0 saturated carbocycles. The van der Waals surface area contributed by atoms with Crippen LogP contribution in [0.1, 0.15) is 46.0 Å². The molecule has 0 aromatic heterocycles. The molecule has 1 unspecified atom stereocenters. The minimum absolute atomic E-state index is 0.737. The molecule has 0 radical (unpaired) electrons. The third-order valence-corrected chi connectivity index (χ3v) is 2.61. The van der Waals surface area contributed by atoms with E-state index in [2.05, 4.69) is 31.3 Å². The molecule has 0 fully saturated rings. The van der Waals surface area contributed by atoms with Crippen molar-refractivity contribution in [2.45, 2.75) is 58.0 Å². The second kappa shape index (κ2) is 5.36. The number of nitrogens with one attached hydrogen (secondary N) is 1. The maximum atomic E-state index is 3.70. The molecular formula is C11H21N. The average molecular weight is 167 g/mol. The van der Waals surface area contributed by atoms with Crippen LogP contribution in [0.25, 0.3) is 0 Å². The second-order valence-corrected chi connectivity index (χ2v) is 3.70. The Bertz CT molecular complexity index is 132. The standard InChI is InChI=1S/C11H21N/c1-3-7-10(4-2)12-11-8-5-6-9-11/h5-6,10-12H,3-4,7-9H2,1-2H3. The lowest BCUT2D eigenvalue weighted by molar-refractivity contribution is 0.404. The molecule has 0 aliphatic heterocycles. The van der Waals surface area contributed by atoms with E-state index in [1.54, 1.807) is 0 Å². The fourth-order valence-corrected chi connectivity index (χ4v) is 1.84. The van der Waals surface area contributed by atoms with E-state index in [1.165, 1.54) is 32.1 Å². The Balaban J connectivity index is 2.17. The molecule has 0 bridgehead atoms. The predicted octanol–water partition coefficient (Wildman–Crippen LogP) is 2.87. The van der Waals surface area contributed by atoms with Crippen LogP contribution in [-0.4, -0.2) is 12.1 Å². The van der Waals surface area contributed by atoms with Gasteiger partial charge in [0.15, 0.2) is 0 Å². The third kappa shape index (κ3) is 2.98. The summed E-state index contributed by atoms with van der Waals surface area (Å²) in [6.45, 7) is 4.53. The first kappa shape index (κ1) is 9.79.